The van der Waals surface area contributed by atoms with Gasteiger partial charge in [0.1, 0.15) is 0 Å². The minimum absolute atomic E-state index is 0.342. The quantitative estimate of drug-likeness (QED) is 0.696. The van der Waals surface area contributed by atoms with Crippen LogP contribution in [0.1, 0.15) is 15.9 Å². The number of carbonyl (C=O) groups is 1. The summed E-state index contributed by atoms with van der Waals surface area (Å²) in [6, 6.07) is 11.9. The van der Waals surface area contributed by atoms with E-state index < -0.39 is 11.7 Å². The van der Waals surface area contributed by atoms with Crippen molar-refractivity contribution in [2.45, 2.75) is 6.54 Å². The van der Waals surface area contributed by atoms with Gasteiger partial charge in [0.15, 0.2) is 5.58 Å². The Morgan fingerprint density at radius 1 is 1.23 bits per heavy atom. The third kappa shape index (κ3) is 2.63. The molecule has 0 aliphatic rings. The van der Waals surface area contributed by atoms with Gasteiger partial charge < -0.3 is 9.15 Å². The summed E-state index contributed by atoms with van der Waals surface area (Å²) >= 11 is 5.89. The van der Waals surface area contributed by atoms with Crippen LogP contribution < -0.4 is 5.76 Å². The van der Waals surface area contributed by atoms with Crippen LogP contribution in [0.5, 0.6) is 0 Å². The fraction of sp³-hybridized carbons (Fsp3) is 0.125. The Bertz CT molecular complexity index is 893. The highest BCUT2D eigenvalue weighted by molar-refractivity contribution is 6.31. The van der Waals surface area contributed by atoms with E-state index in [1.54, 1.807) is 42.5 Å². The van der Waals surface area contributed by atoms with Crippen molar-refractivity contribution < 1.29 is 13.9 Å². The summed E-state index contributed by atoms with van der Waals surface area (Å²) in [5, 5.41) is 0.510. The third-order valence-corrected chi connectivity index (χ3v) is 3.58. The number of nitrogens with zero attached hydrogens (tertiary/aromatic N) is 1. The van der Waals surface area contributed by atoms with Crippen LogP contribution >= 0.6 is 11.6 Å². The Hall–Kier alpha value is -2.53. The van der Waals surface area contributed by atoms with Crippen molar-refractivity contribution in [2.75, 3.05) is 7.11 Å². The van der Waals surface area contributed by atoms with Crippen LogP contribution in [-0.4, -0.2) is 17.6 Å². The number of fused-ring (bicyclic) bond motifs is 1. The fourth-order valence-corrected chi connectivity index (χ4v) is 2.40. The van der Waals surface area contributed by atoms with E-state index in [4.69, 9.17) is 16.0 Å². The molecule has 0 saturated carbocycles. The van der Waals surface area contributed by atoms with E-state index in [0.717, 1.165) is 5.56 Å². The van der Waals surface area contributed by atoms with Gasteiger partial charge in [-0.1, -0.05) is 23.7 Å². The summed E-state index contributed by atoms with van der Waals surface area (Å²) in [5.41, 5.74) is 2.45. The first kappa shape index (κ1) is 14.4. The number of benzene rings is 2. The molecule has 3 aromatic rings. The second kappa shape index (κ2) is 5.69. The molecule has 0 amide bonds. The van der Waals surface area contributed by atoms with Gasteiger partial charge in [-0.3, -0.25) is 4.57 Å². The van der Waals surface area contributed by atoms with Gasteiger partial charge in [0.05, 0.1) is 24.7 Å². The van der Waals surface area contributed by atoms with Crippen LogP contribution in [0.25, 0.3) is 11.1 Å². The lowest BCUT2D eigenvalue weighted by Gasteiger charge is -2.04. The number of hydrogen-bond acceptors (Lipinski definition) is 4. The Morgan fingerprint density at radius 2 is 1.95 bits per heavy atom. The molecule has 0 atom stereocenters. The number of ether oxygens (including phenoxy) is 1. The first-order valence-corrected chi connectivity index (χ1v) is 6.92. The number of hydrogen-bond donors (Lipinski definition) is 0. The monoisotopic (exact) mass is 317 g/mol. The van der Waals surface area contributed by atoms with Crippen LogP contribution in [0.15, 0.2) is 51.7 Å². The van der Waals surface area contributed by atoms with E-state index in [9.17, 15) is 9.59 Å². The second-order valence-electron chi connectivity index (χ2n) is 4.75. The molecule has 0 bridgehead atoms. The number of methoxy groups -OCH3 is 1. The van der Waals surface area contributed by atoms with E-state index in [1.165, 1.54) is 11.7 Å². The molecule has 0 spiro atoms. The van der Waals surface area contributed by atoms with Gasteiger partial charge >= 0.3 is 11.7 Å². The highest BCUT2D eigenvalue weighted by Crippen LogP contribution is 2.19. The predicted octanol–water partition coefficient (Wildman–Crippen LogP) is 3.08. The summed E-state index contributed by atoms with van der Waals surface area (Å²) in [4.78, 5) is 23.4. The number of esters is 1. The molecule has 0 fully saturated rings. The topological polar surface area (TPSA) is 61.4 Å². The largest absolute Gasteiger partial charge is 0.465 e. The fourth-order valence-electron chi connectivity index (χ4n) is 2.24. The minimum Gasteiger partial charge on any atom is -0.465 e. The first-order valence-electron chi connectivity index (χ1n) is 6.54. The summed E-state index contributed by atoms with van der Waals surface area (Å²) < 4.78 is 11.3. The number of halogens is 1. The third-order valence-electron chi connectivity index (χ3n) is 3.35. The maximum Gasteiger partial charge on any atom is 0.420 e. The minimum atomic E-state index is -0.450. The molecule has 1 heterocycles. The summed E-state index contributed by atoms with van der Waals surface area (Å²) in [6.45, 7) is 0.342. The van der Waals surface area contributed by atoms with Crippen molar-refractivity contribution in [2.24, 2.45) is 0 Å². The zero-order valence-corrected chi connectivity index (χ0v) is 12.5. The molecule has 0 unspecified atom stereocenters. The zero-order valence-electron chi connectivity index (χ0n) is 11.7. The molecule has 0 saturated heterocycles. The first-order chi connectivity index (χ1) is 10.6. The van der Waals surface area contributed by atoms with E-state index in [0.29, 0.717) is 28.2 Å². The Kier molecular flexibility index (Phi) is 3.73. The van der Waals surface area contributed by atoms with Crippen LogP contribution in [0.4, 0.5) is 0 Å². The van der Waals surface area contributed by atoms with Crippen molar-refractivity contribution in [3.05, 3.63) is 69.2 Å². The molecule has 112 valence electrons. The van der Waals surface area contributed by atoms with Crippen LogP contribution in [0, 0.1) is 0 Å². The maximum absolute atomic E-state index is 12.0. The predicted molar refractivity (Wildman–Crippen MR) is 82.4 cm³/mol. The lowest BCUT2D eigenvalue weighted by molar-refractivity contribution is 0.0600. The number of carbonyl (C=O) groups excluding carboxylic acids is 1. The molecule has 0 N–H and O–H groups in total. The molecule has 1 aromatic heterocycles. The average Bonchev–Trinajstić information content (AvgIpc) is 2.82. The molecular formula is C16H12ClNO4. The van der Waals surface area contributed by atoms with Gasteiger partial charge in [0.2, 0.25) is 0 Å². The number of oxazole rings is 1. The highest BCUT2D eigenvalue weighted by Gasteiger charge is 2.11. The zero-order chi connectivity index (χ0) is 15.7. The number of aromatic nitrogens is 1. The Labute approximate surface area is 130 Å². The van der Waals surface area contributed by atoms with E-state index >= 15 is 0 Å². The molecule has 3 rings (SSSR count). The summed E-state index contributed by atoms with van der Waals surface area (Å²) in [6.07, 6.45) is 0. The molecule has 6 heteroatoms. The van der Waals surface area contributed by atoms with Gasteiger partial charge in [0, 0.05) is 11.1 Å². The smallest absolute Gasteiger partial charge is 0.420 e. The highest BCUT2D eigenvalue weighted by atomic mass is 35.5. The Morgan fingerprint density at radius 3 is 2.64 bits per heavy atom. The average molecular weight is 318 g/mol. The number of rotatable bonds is 3. The standard InChI is InChI=1S/C16H12ClNO4/c1-21-15(19)11-4-2-10(3-5-11)9-18-13-7-6-12(17)8-14(13)22-16(18)20/h2-8H,9H2,1H3. The molecule has 2 aromatic carbocycles. The van der Waals surface area contributed by atoms with Gasteiger partial charge in [-0.2, -0.15) is 0 Å². The van der Waals surface area contributed by atoms with Crippen LogP contribution in [-0.2, 0) is 11.3 Å². The van der Waals surface area contributed by atoms with E-state index in [-0.39, 0.29) is 0 Å². The lowest BCUT2D eigenvalue weighted by atomic mass is 10.1. The maximum atomic E-state index is 12.0. The normalized spacial score (nSPS) is 10.8. The summed E-state index contributed by atoms with van der Waals surface area (Å²) in [7, 11) is 1.33. The SMILES string of the molecule is COC(=O)c1ccc(Cn2c(=O)oc3cc(Cl)ccc32)cc1. The van der Waals surface area contributed by atoms with Crippen molar-refractivity contribution in [3.63, 3.8) is 0 Å². The van der Waals surface area contributed by atoms with Crippen molar-refractivity contribution in [3.8, 4) is 0 Å². The second-order valence-corrected chi connectivity index (χ2v) is 5.19. The Balaban J connectivity index is 1.95. The lowest BCUT2D eigenvalue weighted by Crippen LogP contribution is -2.14. The van der Waals surface area contributed by atoms with Gasteiger partial charge in [-0.25, -0.2) is 9.59 Å². The van der Waals surface area contributed by atoms with Crippen LogP contribution in [0.3, 0.4) is 0 Å². The molecule has 5 nitrogen and oxygen atoms in total. The summed E-state index contributed by atoms with van der Waals surface area (Å²) in [5.74, 6) is -0.846. The van der Waals surface area contributed by atoms with Gasteiger partial charge in [0.25, 0.3) is 0 Å². The van der Waals surface area contributed by atoms with Crippen molar-refractivity contribution in [1.82, 2.24) is 4.57 Å². The molecule has 0 aliphatic heterocycles. The van der Waals surface area contributed by atoms with Gasteiger partial charge in [-0.05, 0) is 29.8 Å². The van der Waals surface area contributed by atoms with Crippen molar-refractivity contribution >= 4 is 28.7 Å². The van der Waals surface area contributed by atoms with E-state index in [1.807, 2.05) is 0 Å². The molecular weight excluding hydrogens is 306 g/mol. The van der Waals surface area contributed by atoms with E-state index in [2.05, 4.69) is 4.74 Å². The molecule has 22 heavy (non-hydrogen) atoms. The molecule has 0 radical (unpaired) electrons. The molecule has 0 aliphatic carbocycles. The van der Waals surface area contributed by atoms with Gasteiger partial charge in [-0.15, -0.1) is 0 Å². The van der Waals surface area contributed by atoms with Crippen LogP contribution in [0.2, 0.25) is 5.02 Å². The van der Waals surface area contributed by atoms with Crippen molar-refractivity contribution in [1.29, 1.82) is 0 Å².